The molecule has 0 bridgehead atoms. The number of carbonyl (C=O) groups is 1. The number of carbonyl (C=O) groups excluding carboxylic acids is 1. The van der Waals surface area contributed by atoms with E-state index in [0.29, 0.717) is 26.3 Å². The molecular formula is C18H16ClN3O2S. The van der Waals surface area contributed by atoms with Crippen molar-refractivity contribution in [1.29, 1.82) is 0 Å². The summed E-state index contributed by atoms with van der Waals surface area (Å²) in [5.74, 6) is -0.255. The molecular weight excluding hydrogens is 358 g/mol. The highest BCUT2D eigenvalue weighted by molar-refractivity contribution is 7.71. The number of hydrogen-bond acceptors (Lipinski definition) is 3. The van der Waals surface area contributed by atoms with Crippen molar-refractivity contribution in [3.05, 3.63) is 73.7 Å². The molecule has 0 aliphatic rings. The molecule has 0 spiro atoms. The van der Waals surface area contributed by atoms with Crippen molar-refractivity contribution in [2.24, 2.45) is 7.05 Å². The van der Waals surface area contributed by atoms with Crippen LogP contribution in [-0.4, -0.2) is 15.5 Å². The minimum atomic E-state index is -0.255. The Bertz CT molecular complexity index is 1090. The van der Waals surface area contributed by atoms with Gasteiger partial charge in [-0.15, -0.1) is 0 Å². The number of hydrogen-bond donors (Lipinski definition) is 2. The number of nitrogens with one attached hydrogen (secondary N) is 2. The Labute approximate surface area is 154 Å². The van der Waals surface area contributed by atoms with E-state index in [4.69, 9.17) is 23.8 Å². The maximum atomic E-state index is 12.5. The minimum Gasteiger partial charge on any atom is -0.345 e. The first kappa shape index (κ1) is 17.4. The zero-order chi connectivity index (χ0) is 18.1. The number of halogens is 1. The maximum Gasteiger partial charge on any atom is 0.261 e. The van der Waals surface area contributed by atoms with Crippen molar-refractivity contribution < 1.29 is 4.79 Å². The molecule has 0 aliphatic heterocycles. The molecule has 3 aromatic rings. The van der Waals surface area contributed by atoms with Crippen LogP contribution in [0.15, 0.2) is 47.3 Å². The largest absolute Gasteiger partial charge is 0.345 e. The molecule has 0 fully saturated rings. The van der Waals surface area contributed by atoms with E-state index in [1.54, 1.807) is 31.3 Å². The number of H-pyrrole nitrogens is 1. The SMILES string of the molecule is CC(NC(=O)c1ccc2c(=O)n(C)c(=S)[nH]c2c1)c1ccccc1Cl. The van der Waals surface area contributed by atoms with Crippen molar-refractivity contribution >= 4 is 40.6 Å². The van der Waals surface area contributed by atoms with Gasteiger partial charge in [-0.2, -0.15) is 0 Å². The molecule has 128 valence electrons. The van der Waals surface area contributed by atoms with Crippen LogP contribution in [0.1, 0.15) is 28.9 Å². The molecule has 2 N–H and O–H groups in total. The average molecular weight is 374 g/mol. The van der Waals surface area contributed by atoms with Crippen molar-refractivity contribution in [3.63, 3.8) is 0 Å². The highest BCUT2D eigenvalue weighted by Gasteiger charge is 2.14. The van der Waals surface area contributed by atoms with Crippen LogP contribution >= 0.6 is 23.8 Å². The van der Waals surface area contributed by atoms with Crippen molar-refractivity contribution in [2.45, 2.75) is 13.0 Å². The van der Waals surface area contributed by atoms with Crippen LogP contribution in [0.25, 0.3) is 10.9 Å². The Hall–Kier alpha value is -2.44. The minimum absolute atomic E-state index is 0.199. The van der Waals surface area contributed by atoms with Gasteiger partial charge in [0.2, 0.25) is 0 Å². The summed E-state index contributed by atoms with van der Waals surface area (Å²) in [6.07, 6.45) is 0. The van der Waals surface area contributed by atoms with Gasteiger partial charge in [-0.1, -0.05) is 29.8 Å². The standard InChI is InChI=1S/C18H16ClN3O2S/c1-10(12-5-3-4-6-14(12)19)20-16(23)11-7-8-13-15(9-11)21-18(25)22(2)17(13)24/h3-10H,1-2H3,(H,20,23)(H,21,25). The monoisotopic (exact) mass is 373 g/mol. The van der Waals surface area contributed by atoms with Crippen molar-refractivity contribution in [2.75, 3.05) is 0 Å². The van der Waals surface area contributed by atoms with Crippen LogP contribution in [0.2, 0.25) is 5.02 Å². The lowest BCUT2D eigenvalue weighted by atomic mass is 10.1. The molecule has 2 aromatic carbocycles. The molecule has 5 nitrogen and oxygen atoms in total. The van der Waals surface area contributed by atoms with E-state index in [1.807, 2.05) is 25.1 Å². The quantitative estimate of drug-likeness (QED) is 0.687. The molecule has 1 aromatic heterocycles. The zero-order valence-corrected chi connectivity index (χ0v) is 15.2. The Morgan fingerprint density at radius 3 is 2.72 bits per heavy atom. The first-order valence-electron chi connectivity index (χ1n) is 7.67. The lowest BCUT2D eigenvalue weighted by Crippen LogP contribution is -2.27. The fraction of sp³-hybridized carbons (Fsp3) is 0.167. The lowest BCUT2D eigenvalue weighted by Gasteiger charge is -2.16. The van der Waals surface area contributed by atoms with Gasteiger partial charge in [0, 0.05) is 17.6 Å². The first-order valence-corrected chi connectivity index (χ1v) is 8.45. The predicted molar refractivity (Wildman–Crippen MR) is 102 cm³/mol. The van der Waals surface area contributed by atoms with E-state index >= 15 is 0 Å². The zero-order valence-electron chi connectivity index (χ0n) is 13.7. The summed E-state index contributed by atoms with van der Waals surface area (Å²) in [5.41, 5.74) is 1.61. The Morgan fingerprint density at radius 2 is 2.00 bits per heavy atom. The molecule has 0 saturated carbocycles. The van der Waals surface area contributed by atoms with Crippen LogP contribution in [0.3, 0.4) is 0 Å². The third-order valence-electron chi connectivity index (χ3n) is 4.08. The highest BCUT2D eigenvalue weighted by atomic mass is 35.5. The van der Waals surface area contributed by atoms with Crippen LogP contribution < -0.4 is 10.9 Å². The number of amides is 1. The maximum absolute atomic E-state index is 12.5. The lowest BCUT2D eigenvalue weighted by molar-refractivity contribution is 0.0940. The number of aromatic nitrogens is 2. The smallest absolute Gasteiger partial charge is 0.261 e. The van der Waals surface area contributed by atoms with E-state index in [-0.39, 0.29) is 17.5 Å². The molecule has 0 saturated heterocycles. The molecule has 7 heteroatoms. The van der Waals surface area contributed by atoms with E-state index in [1.165, 1.54) is 4.57 Å². The van der Waals surface area contributed by atoms with Crippen molar-refractivity contribution in [1.82, 2.24) is 14.9 Å². The Morgan fingerprint density at radius 1 is 1.28 bits per heavy atom. The average Bonchev–Trinajstić information content (AvgIpc) is 2.59. The predicted octanol–water partition coefficient (Wildman–Crippen LogP) is 3.74. The van der Waals surface area contributed by atoms with E-state index in [0.717, 1.165) is 5.56 Å². The molecule has 3 rings (SSSR count). The number of benzene rings is 2. The first-order chi connectivity index (χ1) is 11.9. The molecule has 1 unspecified atom stereocenters. The third-order valence-corrected chi connectivity index (χ3v) is 4.80. The van der Waals surface area contributed by atoms with Gasteiger partial charge in [-0.3, -0.25) is 14.2 Å². The van der Waals surface area contributed by atoms with Gasteiger partial charge < -0.3 is 10.3 Å². The van der Waals surface area contributed by atoms with Gasteiger partial charge in [-0.05, 0) is 49.0 Å². The molecule has 1 atom stereocenters. The van der Waals surface area contributed by atoms with Crippen LogP contribution in [0, 0.1) is 4.77 Å². The summed E-state index contributed by atoms with van der Waals surface area (Å²) < 4.78 is 1.66. The number of nitrogens with zero attached hydrogens (tertiary/aromatic N) is 1. The van der Waals surface area contributed by atoms with Crippen LogP contribution in [0.4, 0.5) is 0 Å². The van der Waals surface area contributed by atoms with Gasteiger partial charge >= 0.3 is 0 Å². The summed E-state index contributed by atoms with van der Waals surface area (Å²) in [6, 6.07) is 12.0. The fourth-order valence-corrected chi connectivity index (χ4v) is 3.12. The van der Waals surface area contributed by atoms with E-state index < -0.39 is 0 Å². The van der Waals surface area contributed by atoms with Gasteiger partial charge in [0.25, 0.3) is 11.5 Å². The van der Waals surface area contributed by atoms with E-state index in [2.05, 4.69) is 10.3 Å². The molecule has 1 heterocycles. The fourth-order valence-electron chi connectivity index (χ4n) is 2.63. The van der Waals surface area contributed by atoms with Crippen LogP contribution in [0.5, 0.6) is 0 Å². The van der Waals surface area contributed by atoms with Crippen LogP contribution in [-0.2, 0) is 7.05 Å². The summed E-state index contributed by atoms with van der Waals surface area (Å²) in [5, 5.41) is 3.99. The van der Waals surface area contributed by atoms with Gasteiger partial charge in [-0.25, -0.2) is 0 Å². The topological polar surface area (TPSA) is 66.9 Å². The Kier molecular flexibility index (Phi) is 4.74. The van der Waals surface area contributed by atoms with Gasteiger partial charge in [0.1, 0.15) is 0 Å². The molecule has 0 aliphatic carbocycles. The van der Waals surface area contributed by atoms with E-state index in [9.17, 15) is 9.59 Å². The number of aromatic amines is 1. The summed E-state index contributed by atoms with van der Waals surface area (Å²) in [6.45, 7) is 1.86. The second-order valence-electron chi connectivity index (χ2n) is 5.77. The normalized spacial score (nSPS) is 12.1. The molecule has 25 heavy (non-hydrogen) atoms. The molecule has 1 amide bonds. The summed E-state index contributed by atoms with van der Waals surface area (Å²) >= 11 is 11.3. The summed E-state index contributed by atoms with van der Waals surface area (Å²) in [4.78, 5) is 27.7. The number of rotatable bonds is 3. The third kappa shape index (κ3) is 3.36. The summed E-state index contributed by atoms with van der Waals surface area (Å²) in [7, 11) is 1.60. The van der Waals surface area contributed by atoms with Crippen molar-refractivity contribution in [3.8, 4) is 0 Å². The second kappa shape index (κ2) is 6.82. The highest BCUT2D eigenvalue weighted by Crippen LogP contribution is 2.22. The van der Waals surface area contributed by atoms with Gasteiger partial charge in [0.15, 0.2) is 4.77 Å². The second-order valence-corrected chi connectivity index (χ2v) is 6.57. The van der Waals surface area contributed by atoms with Gasteiger partial charge in [0.05, 0.1) is 16.9 Å². The number of fused-ring (bicyclic) bond motifs is 1. The molecule has 0 radical (unpaired) electrons. The Balaban J connectivity index is 1.93.